The summed E-state index contributed by atoms with van der Waals surface area (Å²) in [7, 11) is 0. The number of nitrogens with zero attached hydrogens (tertiary/aromatic N) is 1. The molecule has 7 aromatic carbocycles. The molecule has 0 atom stereocenters. The van der Waals surface area contributed by atoms with Gasteiger partial charge in [0.1, 0.15) is 0 Å². The first kappa shape index (κ1) is 44.5. The van der Waals surface area contributed by atoms with Gasteiger partial charge in [-0.2, -0.15) is 0 Å². The Morgan fingerprint density at radius 1 is 0.323 bits per heavy atom. The molecule has 0 N–H and O–H groups in total. The largest absolute Gasteiger partial charge is 0.309 e. The van der Waals surface area contributed by atoms with Crippen LogP contribution in [0.1, 0.15) is 155 Å². The quantitative estimate of drug-likeness (QED) is 0.167. The van der Waals surface area contributed by atoms with Crippen molar-refractivity contribution in [3.05, 3.63) is 184 Å². The second kappa shape index (κ2) is 14.9. The number of hydrogen-bond donors (Lipinski definition) is 0. The third kappa shape index (κ3) is 7.58. The molecule has 7 aromatic rings. The van der Waals surface area contributed by atoms with Crippen LogP contribution in [-0.4, -0.2) is 0 Å². The number of fused-ring (bicyclic) bond motifs is 6. The Bertz CT molecular complexity index is 2780. The fourth-order valence-corrected chi connectivity index (χ4v) is 10.5. The summed E-state index contributed by atoms with van der Waals surface area (Å²) in [6.07, 6.45) is 0. The molecule has 0 aromatic heterocycles. The van der Waals surface area contributed by atoms with Gasteiger partial charge in [-0.05, 0) is 130 Å². The maximum absolute atomic E-state index is 2.70. The summed E-state index contributed by atoms with van der Waals surface area (Å²) in [5.41, 5.74) is 24.2. The van der Waals surface area contributed by atoms with Gasteiger partial charge in [0.15, 0.2) is 0 Å². The van der Waals surface area contributed by atoms with Crippen LogP contribution in [0.4, 0.5) is 17.1 Å². The summed E-state index contributed by atoms with van der Waals surface area (Å²) in [5, 5.41) is 0. The molecule has 0 radical (unpaired) electrons. The van der Waals surface area contributed by atoms with Gasteiger partial charge in [0.25, 0.3) is 0 Å². The molecule has 2 aliphatic rings. The zero-order valence-electron chi connectivity index (χ0n) is 42.2. The van der Waals surface area contributed by atoms with Crippen LogP contribution in [0.2, 0.25) is 0 Å². The molecule has 0 unspecified atom stereocenters. The predicted molar refractivity (Wildman–Crippen MR) is 282 cm³/mol. The van der Waals surface area contributed by atoms with Gasteiger partial charge in [-0.1, -0.05) is 220 Å². The normalized spacial score (nSPS) is 15.0. The Kier molecular flexibility index (Phi) is 10.2. The third-order valence-corrected chi connectivity index (χ3v) is 14.8. The van der Waals surface area contributed by atoms with Gasteiger partial charge in [0.2, 0.25) is 0 Å². The van der Waals surface area contributed by atoms with Crippen molar-refractivity contribution in [1.29, 1.82) is 0 Å². The highest BCUT2D eigenvalue weighted by atomic mass is 15.2. The molecular weight excluding hydrogens is 783 g/mol. The first-order chi connectivity index (χ1) is 30.3. The summed E-state index contributed by atoms with van der Waals surface area (Å²) < 4.78 is 0. The van der Waals surface area contributed by atoms with E-state index in [0.29, 0.717) is 0 Å². The smallest absolute Gasteiger partial charge is 0.0546 e. The average molecular weight is 854 g/mol. The van der Waals surface area contributed by atoms with Crippen LogP contribution in [0.15, 0.2) is 140 Å². The predicted octanol–water partition coefficient (Wildman–Crippen LogP) is 18.3. The minimum atomic E-state index is -0.220. The Morgan fingerprint density at radius 3 is 1.00 bits per heavy atom. The third-order valence-electron chi connectivity index (χ3n) is 14.8. The lowest BCUT2D eigenvalue weighted by atomic mass is 9.77. The molecule has 0 aliphatic heterocycles. The van der Waals surface area contributed by atoms with Crippen molar-refractivity contribution in [2.45, 2.75) is 143 Å². The maximum atomic E-state index is 2.70. The molecule has 1 heteroatoms. The maximum Gasteiger partial charge on any atom is 0.0546 e. The summed E-state index contributed by atoms with van der Waals surface area (Å²) in [6, 6.07) is 54.1. The van der Waals surface area contributed by atoms with Crippen molar-refractivity contribution >= 4 is 17.1 Å². The van der Waals surface area contributed by atoms with Crippen LogP contribution in [0, 0.1) is 0 Å². The SMILES string of the molecule is CC(C)(C)c1ccc2c(c1)C(C)(C)c1cc(C(C)(C)C)cc(N(c3cc(-c4ccccc4)cc(-c4ccccc4)c3)c3cc(C(C)(C)C)cc4c3-c3ccc(C(C)(C)C)cc3C4(C)C)c1-2. The lowest BCUT2D eigenvalue weighted by molar-refractivity contribution is 0.580. The molecule has 0 saturated carbocycles. The minimum absolute atomic E-state index is 0.0258. The van der Waals surface area contributed by atoms with E-state index in [1.807, 2.05) is 0 Å². The van der Waals surface area contributed by atoms with E-state index in [0.717, 1.165) is 5.69 Å². The number of anilines is 3. The molecule has 0 spiro atoms. The van der Waals surface area contributed by atoms with Gasteiger partial charge in [-0.25, -0.2) is 0 Å². The second-order valence-corrected chi connectivity index (χ2v) is 24.4. The summed E-state index contributed by atoms with van der Waals surface area (Å²) in [5.74, 6) is 0. The molecular formula is C64H71N. The van der Waals surface area contributed by atoms with Crippen molar-refractivity contribution in [1.82, 2.24) is 0 Å². The van der Waals surface area contributed by atoms with Gasteiger partial charge in [-0.3, -0.25) is 0 Å². The Balaban J connectivity index is 1.48. The standard InChI is InChI=1S/C64H71N/c1-59(2,3)44-27-29-49-51(34-44)63(13,14)53-36-46(61(7,8)9)38-55(57(49)53)65(48-32-42(40-23-19-17-20-24-40)31-43(33-48)41-25-21-18-22-26-41)56-39-47(62(10,11)12)37-54-58(56)50-30-28-45(60(4,5)6)35-52(50)64(54,15)16/h17-39H,1-16H3. The molecule has 9 rings (SSSR count). The van der Waals surface area contributed by atoms with E-state index in [1.165, 1.54) is 100 Å². The van der Waals surface area contributed by atoms with Crippen LogP contribution in [0.3, 0.4) is 0 Å². The van der Waals surface area contributed by atoms with E-state index in [1.54, 1.807) is 0 Å². The first-order valence-corrected chi connectivity index (χ1v) is 24.0. The molecule has 2 aliphatic carbocycles. The summed E-state index contributed by atoms with van der Waals surface area (Å²) in [6.45, 7) is 38.1. The van der Waals surface area contributed by atoms with Gasteiger partial charge in [-0.15, -0.1) is 0 Å². The summed E-state index contributed by atoms with van der Waals surface area (Å²) >= 11 is 0. The van der Waals surface area contributed by atoms with E-state index in [9.17, 15) is 0 Å². The van der Waals surface area contributed by atoms with Crippen molar-refractivity contribution in [3.8, 4) is 44.5 Å². The van der Waals surface area contributed by atoms with Crippen molar-refractivity contribution in [2.24, 2.45) is 0 Å². The molecule has 0 amide bonds. The topological polar surface area (TPSA) is 3.24 Å². The molecule has 65 heavy (non-hydrogen) atoms. The highest BCUT2D eigenvalue weighted by Crippen LogP contribution is 2.60. The molecule has 332 valence electrons. The fourth-order valence-electron chi connectivity index (χ4n) is 10.5. The Hall–Kier alpha value is -5.66. The van der Waals surface area contributed by atoms with Gasteiger partial charge in [0.05, 0.1) is 11.4 Å². The lowest BCUT2D eigenvalue weighted by Crippen LogP contribution is -2.22. The van der Waals surface area contributed by atoms with E-state index >= 15 is 0 Å². The molecule has 1 nitrogen and oxygen atoms in total. The van der Waals surface area contributed by atoms with Gasteiger partial charge >= 0.3 is 0 Å². The van der Waals surface area contributed by atoms with Crippen LogP contribution in [0.25, 0.3) is 44.5 Å². The fraction of sp³-hybridized carbons (Fsp3) is 0.344. The zero-order valence-corrected chi connectivity index (χ0v) is 42.2. The van der Waals surface area contributed by atoms with Crippen molar-refractivity contribution < 1.29 is 0 Å². The second-order valence-electron chi connectivity index (χ2n) is 24.4. The van der Waals surface area contributed by atoms with Crippen LogP contribution in [0.5, 0.6) is 0 Å². The van der Waals surface area contributed by atoms with Crippen LogP contribution < -0.4 is 4.90 Å². The number of hydrogen-bond acceptors (Lipinski definition) is 1. The molecule has 0 saturated heterocycles. The molecule has 0 heterocycles. The molecule has 0 bridgehead atoms. The highest BCUT2D eigenvalue weighted by molar-refractivity contribution is 6.02. The van der Waals surface area contributed by atoms with Crippen molar-refractivity contribution in [3.63, 3.8) is 0 Å². The van der Waals surface area contributed by atoms with Gasteiger partial charge < -0.3 is 4.90 Å². The van der Waals surface area contributed by atoms with Crippen molar-refractivity contribution in [2.75, 3.05) is 4.90 Å². The number of rotatable bonds is 5. The average Bonchev–Trinajstić information content (AvgIpc) is 3.62. The summed E-state index contributed by atoms with van der Waals surface area (Å²) in [4.78, 5) is 2.70. The van der Waals surface area contributed by atoms with Gasteiger partial charge in [0, 0.05) is 27.6 Å². The minimum Gasteiger partial charge on any atom is -0.309 e. The van der Waals surface area contributed by atoms with Crippen LogP contribution in [-0.2, 0) is 32.5 Å². The van der Waals surface area contributed by atoms with E-state index in [2.05, 4.69) is 255 Å². The van der Waals surface area contributed by atoms with E-state index < -0.39 is 0 Å². The Labute approximate surface area is 392 Å². The van der Waals surface area contributed by atoms with E-state index in [4.69, 9.17) is 0 Å². The van der Waals surface area contributed by atoms with Crippen LogP contribution >= 0.6 is 0 Å². The monoisotopic (exact) mass is 854 g/mol. The molecule has 0 fully saturated rings. The first-order valence-electron chi connectivity index (χ1n) is 24.0. The Morgan fingerprint density at radius 2 is 0.662 bits per heavy atom. The highest BCUT2D eigenvalue weighted by Gasteiger charge is 2.43. The van der Waals surface area contributed by atoms with E-state index in [-0.39, 0.29) is 32.5 Å². The zero-order chi connectivity index (χ0) is 46.8. The lowest BCUT2D eigenvalue weighted by Gasteiger charge is -2.35. The number of benzene rings is 7.